The summed E-state index contributed by atoms with van der Waals surface area (Å²) >= 11 is 3.29. The first-order valence-electron chi connectivity index (χ1n) is 5.82. The highest BCUT2D eigenvalue weighted by molar-refractivity contribution is 9.10. The molecule has 0 fully saturated rings. The lowest BCUT2D eigenvalue weighted by molar-refractivity contribution is 0.290. The standard InChI is InChI=1S/C13H18BrFO/c1-2-3-4-5-6-9-16-13-10-11(14)7-8-12(13)15/h7-8,10H,2-6,9H2,1H3. The van der Waals surface area contributed by atoms with E-state index in [1.54, 1.807) is 12.1 Å². The third-order valence-corrected chi connectivity index (χ3v) is 2.89. The molecule has 1 aromatic carbocycles. The minimum absolute atomic E-state index is 0.295. The van der Waals surface area contributed by atoms with Gasteiger partial charge in [0.25, 0.3) is 0 Å². The summed E-state index contributed by atoms with van der Waals surface area (Å²) in [5.74, 6) is 0.0432. The number of benzene rings is 1. The zero-order valence-corrected chi connectivity index (χ0v) is 11.2. The molecule has 0 aromatic heterocycles. The van der Waals surface area contributed by atoms with E-state index in [2.05, 4.69) is 22.9 Å². The second-order valence-corrected chi connectivity index (χ2v) is 4.75. The van der Waals surface area contributed by atoms with Crippen molar-refractivity contribution < 1.29 is 9.13 Å². The fourth-order valence-electron chi connectivity index (χ4n) is 1.48. The van der Waals surface area contributed by atoms with Crippen LogP contribution in [0.1, 0.15) is 39.0 Å². The van der Waals surface area contributed by atoms with Crippen molar-refractivity contribution in [2.75, 3.05) is 6.61 Å². The smallest absolute Gasteiger partial charge is 0.165 e. The van der Waals surface area contributed by atoms with Crippen molar-refractivity contribution in [3.8, 4) is 5.75 Å². The maximum Gasteiger partial charge on any atom is 0.165 e. The zero-order chi connectivity index (χ0) is 11.8. The summed E-state index contributed by atoms with van der Waals surface area (Å²) in [6.45, 7) is 2.78. The van der Waals surface area contributed by atoms with Gasteiger partial charge in [-0.05, 0) is 24.6 Å². The van der Waals surface area contributed by atoms with E-state index in [4.69, 9.17) is 4.74 Å². The van der Waals surface area contributed by atoms with E-state index in [1.807, 2.05) is 0 Å². The Bertz CT molecular complexity index is 315. The Morgan fingerprint density at radius 3 is 2.69 bits per heavy atom. The molecule has 0 N–H and O–H groups in total. The Labute approximate surface area is 105 Å². The van der Waals surface area contributed by atoms with Crippen LogP contribution in [0.15, 0.2) is 22.7 Å². The molecule has 0 spiro atoms. The average molecular weight is 289 g/mol. The van der Waals surface area contributed by atoms with Gasteiger partial charge in [0.1, 0.15) is 0 Å². The highest BCUT2D eigenvalue weighted by atomic mass is 79.9. The van der Waals surface area contributed by atoms with Crippen molar-refractivity contribution in [2.24, 2.45) is 0 Å². The van der Waals surface area contributed by atoms with Gasteiger partial charge in [-0.15, -0.1) is 0 Å². The number of hydrogen-bond acceptors (Lipinski definition) is 1. The van der Waals surface area contributed by atoms with Gasteiger partial charge in [0, 0.05) is 4.47 Å². The summed E-state index contributed by atoms with van der Waals surface area (Å²) < 4.78 is 19.5. The molecule has 3 heteroatoms. The molecule has 0 saturated heterocycles. The maximum absolute atomic E-state index is 13.3. The van der Waals surface area contributed by atoms with Crippen LogP contribution in [0.3, 0.4) is 0 Å². The summed E-state index contributed by atoms with van der Waals surface area (Å²) in [6, 6.07) is 4.75. The van der Waals surface area contributed by atoms with Crippen LogP contribution in [0.2, 0.25) is 0 Å². The molecule has 0 radical (unpaired) electrons. The van der Waals surface area contributed by atoms with Crippen LogP contribution in [0.4, 0.5) is 4.39 Å². The first-order chi connectivity index (χ1) is 7.74. The second kappa shape index (κ2) is 7.66. The predicted molar refractivity (Wildman–Crippen MR) is 68.4 cm³/mol. The highest BCUT2D eigenvalue weighted by Crippen LogP contribution is 2.22. The molecule has 0 saturated carbocycles. The first kappa shape index (κ1) is 13.5. The molecule has 0 amide bonds. The quantitative estimate of drug-likeness (QED) is 0.646. The van der Waals surface area contributed by atoms with E-state index in [1.165, 1.54) is 25.3 Å². The van der Waals surface area contributed by atoms with E-state index in [-0.39, 0.29) is 5.82 Å². The highest BCUT2D eigenvalue weighted by Gasteiger charge is 2.03. The molecule has 0 bridgehead atoms. The minimum atomic E-state index is -0.295. The monoisotopic (exact) mass is 288 g/mol. The molecule has 0 atom stereocenters. The van der Waals surface area contributed by atoms with Crippen molar-refractivity contribution in [2.45, 2.75) is 39.0 Å². The molecule has 0 aliphatic carbocycles. The second-order valence-electron chi connectivity index (χ2n) is 3.84. The predicted octanol–water partition coefficient (Wildman–Crippen LogP) is 4.94. The fourth-order valence-corrected chi connectivity index (χ4v) is 1.82. The average Bonchev–Trinajstić information content (AvgIpc) is 2.28. The van der Waals surface area contributed by atoms with Crippen LogP contribution in [-0.2, 0) is 0 Å². The number of ether oxygens (including phenoxy) is 1. The normalized spacial score (nSPS) is 10.4. The lowest BCUT2D eigenvalue weighted by Gasteiger charge is -2.07. The largest absolute Gasteiger partial charge is 0.490 e. The van der Waals surface area contributed by atoms with Crippen molar-refractivity contribution in [1.29, 1.82) is 0 Å². The molecule has 0 aliphatic heterocycles. The van der Waals surface area contributed by atoms with E-state index in [9.17, 15) is 4.39 Å². The van der Waals surface area contributed by atoms with Crippen LogP contribution in [-0.4, -0.2) is 6.61 Å². The Kier molecular flexibility index (Phi) is 6.46. The van der Waals surface area contributed by atoms with E-state index in [0.717, 1.165) is 17.3 Å². The molecule has 1 rings (SSSR count). The van der Waals surface area contributed by atoms with Gasteiger partial charge in [-0.2, -0.15) is 0 Å². The number of rotatable bonds is 7. The van der Waals surface area contributed by atoms with Gasteiger partial charge in [0.2, 0.25) is 0 Å². The molecule has 0 unspecified atom stereocenters. The number of unbranched alkanes of at least 4 members (excludes halogenated alkanes) is 4. The van der Waals surface area contributed by atoms with Gasteiger partial charge in [-0.3, -0.25) is 0 Å². The van der Waals surface area contributed by atoms with Crippen molar-refractivity contribution >= 4 is 15.9 Å². The Hall–Kier alpha value is -0.570. The maximum atomic E-state index is 13.3. The molecule has 0 heterocycles. The Morgan fingerprint density at radius 1 is 1.19 bits per heavy atom. The van der Waals surface area contributed by atoms with Gasteiger partial charge < -0.3 is 4.74 Å². The first-order valence-corrected chi connectivity index (χ1v) is 6.61. The van der Waals surface area contributed by atoms with Gasteiger partial charge in [0.15, 0.2) is 11.6 Å². The molecular weight excluding hydrogens is 271 g/mol. The topological polar surface area (TPSA) is 9.23 Å². The van der Waals surface area contributed by atoms with Crippen LogP contribution < -0.4 is 4.74 Å². The van der Waals surface area contributed by atoms with Crippen molar-refractivity contribution in [3.63, 3.8) is 0 Å². The molecule has 90 valence electrons. The minimum Gasteiger partial charge on any atom is -0.490 e. The van der Waals surface area contributed by atoms with Gasteiger partial charge >= 0.3 is 0 Å². The lowest BCUT2D eigenvalue weighted by atomic mass is 10.2. The lowest BCUT2D eigenvalue weighted by Crippen LogP contribution is -1.99. The fraction of sp³-hybridized carbons (Fsp3) is 0.538. The SMILES string of the molecule is CCCCCCCOc1cc(Br)ccc1F. The van der Waals surface area contributed by atoms with E-state index in [0.29, 0.717) is 12.4 Å². The van der Waals surface area contributed by atoms with Crippen molar-refractivity contribution in [1.82, 2.24) is 0 Å². The third-order valence-electron chi connectivity index (χ3n) is 2.40. The van der Waals surface area contributed by atoms with Crippen LogP contribution in [0.25, 0.3) is 0 Å². The summed E-state index contributed by atoms with van der Waals surface area (Å²) in [5, 5.41) is 0. The summed E-state index contributed by atoms with van der Waals surface area (Å²) in [6.07, 6.45) is 5.89. The van der Waals surface area contributed by atoms with Gasteiger partial charge in [0.05, 0.1) is 6.61 Å². The van der Waals surface area contributed by atoms with Crippen LogP contribution in [0, 0.1) is 5.82 Å². The van der Waals surface area contributed by atoms with Gasteiger partial charge in [-0.1, -0.05) is 48.5 Å². The third kappa shape index (κ3) is 4.97. The molecular formula is C13H18BrFO. The van der Waals surface area contributed by atoms with Crippen LogP contribution >= 0.6 is 15.9 Å². The molecule has 16 heavy (non-hydrogen) atoms. The zero-order valence-electron chi connectivity index (χ0n) is 9.64. The summed E-state index contributed by atoms with van der Waals surface area (Å²) in [7, 11) is 0. The van der Waals surface area contributed by atoms with E-state index < -0.39 is 0 Å². The van der Waals surface area contributed by atoms with Crippen molar-refractivity contribution in [3.05, 3.63) is 28.5 Å². The number of hydrogen-bond donors (Lipinski definition) is 0. The summed E-state index contributed by atoms with van der Waals surface area (Å²) in [5.41, 5.74) is 0. The summed E-state index contributed by atoms with van der Waals surface area (Å²) in [4.78, 5) is 0. The molecule has 1 nitrogen and oxygen atoms in total. The van der Waals surface area contributed by atoms with Gasteiger partial charge in [-0.25, -0.2) is 4.39 Å². The Balaban J connectivity index is 2.23. The van der Waals surface area contributed by atoms with Crippen LogP contribution in [0.5, 0.6) is 5.75 Å². The molecule has 0 aliphatic rings. The Morgan fingerprint density at radius 2 is 1.94 bits per heavy atom. The van der Waals surface area contributed by atoms with E-state index >= 15 is 0 Å². The number of halogens is 2. The molecule has 1 aromatic rings.